The van der Waals surface area contributed by atoms with Gasteiger partial charge in [0, 0.05) is 18.5 Å². The van der Waals surface area contributed by atoms with Crippen LogP contribution in [0, 0.1) is 18.6 Å². The minimum atomic E-state index is -4.36. The van der Waals surface area contributed by atoms with Crippen LogP contribution in [0.5, 0.6) is 0 Å². The number of halogens is 2. The Bertz CT molecular complexity index is 1710. The van der Waals surface area contributed by atoms with Crippen LogP contribution in [0.2, 0.25) is 0 Å². The van der Waals surface area contributed by atoms with E-state index < -0.39 is 51.6 Å². The lowest BCUT2D eigenvalue weighted by molar-refractivity contribution is -0.140. The second kappa shape index (κ2) is 14.0. The summed E-state index contributed by atoms with van der Waals surface area (Å²) in [6.45, 7) is 6.58. The van der Waals surface area contributed by atoms with Crippen molar-refractivity contribution in [2.45, 2.75) is 57.1 Å². The van der Waals surface area contributed by atoms with Crippen molar-refractivity contribution in [1.82, 2.24) is 10.2 Å². The number of hydrogen-bond acceptors (Lipinski definition) is 4. The third-order valence-corrected chi connectivity index (χ3v) is 8.83. The lowest BCUT2D eigenvalue weighted by Crippen LogP contribution is -2.56. The predicted octanol–water partition coefficient (Wildman–Crippen LogP) is 6.02. The molecule has 0 bridgehead atoms. The molecule has 0 aromatic heterocycles. The maximum absolute atomic E-state index is 14.4. The maximum Gasteiger partial charge on any atom is 0.264 e. The van der Waals surface area contributed by atoms with Crippen molar-refractivity contribution >= 4 is 27.5 Å². The fourth-order valence-electron chi connectivity index (χ4n) is 4.77. The van der Waals surface area contributed by atoms with E-state index in [2.05, 4.69) is 5.32 Å². The Morgan fingerprint density at radius 1 is 0.778 bits per heavy atom. The normalized spacial score (nSPS) is 12.3. The van der Waals surface area contributed by atoms with Gasteiger partial charge in [-0.05, 0) is 87.4 Å². The Morgan fingerprint density at radius 2 is 1.33 bits per heavy atom. The van der Waals surface area contributed by atoms with E-state index in [1.165, 1.54) is 29.2 Å². The van der Waals surface area contributed by atoms with Crippen LogP contribution >= 0.6 is 0 Å². The third kappa shape index (κ3) is 8.98. The van der Waals surface area contributed by atoms with Gasteiger partial charge in [0.05, 0.1) is 10.6 Å². The second-order valence-corrected chi connectivity index (χ2v) is 13.8. The number of amides is 2. The molecule has 0 unspecified atom stereocenters. The molecule has 0 spiro atoms. The molecule has 0 fully saturated rings. The molecule has 4 aromatic rings. The Kier molecular flexibility index (Phi) is 10.4. The Hall–Kier alpha value is -4.57. The van der Waals surface area contributed by atoms with Gasteiger partial charge in [-0.2, -0.15) is 0 Å². The van der Waals surface area contributed by atoms with Crippen LogP contribution in [0.25, 0.3) is 0 Å². The molecule has 0 saturated carbocycles. The van der Waals surface area contributed by atoms with E-state index in [1.807, 2.05) is 58.0 Å². The quantitative estimate of drug-likeness (QED) is 0.219. The number of anilines is 1. The van der Waals surface area contributed by atoms with E-state index in [1.54, 1.807) is 24.3 Å². The lowest BCUT2D eigenvalue weighted by atomic mass is 10.0. The maximum atomic E-state index is 14.4. The van der Waals surface area contributed by atoms with E-state index in [0.717, 1.165) is 39.7 Å². The molecule has 236 valence electrons. The van der Waals surface area contributed by atoms with Gasteiger partial charge in [-0.15, -0.1) is 0 Å². The topological polar surface area (TPSA) is 86.8 Å². The van der Waals surface area contributed by atoms with E-state index in [4.69, 9.17) is 0 Å². The fourth-order valence-corrected chi connectivity index (χ4v) is 6.18. The van der Waals surface area contributed by atoms with E-state index in [0.29, 0.717) is 5.56 Å². The molecule has 4 aromatic carbocycles. The minimum absolute atomic E-state index is 0.0908. The summed E-state index contributed by atoms with van der Waals surface area (Å²) in [5.41, 5.74) is 1.81. The number of sulfonamides is 1. The van der Waals surface area contributed by atoms with Crippen molar-refractivity contribution in [3.8, 4) is 0 Å². The van der Waals surface area contributed by atoms with Gasteiger partial charge in [0.15, 0.2) is 0 Å². The molecule has 0 aliphatic heterocycles. The zero-order chi connectivity index (χ0) is 32.8. The molecular weight excluding hydrogens is 596 g/mol. The average molecular weight is 634 g/mol. The van der Waals surface area contributed by atoms with Gasteiger partial charge in [-0.1, -0.05) is 60.2 Å². The number of benzene rings is 4. The first-order valence-electron chi connectivity index (χ1n) is 14.5. The first-order chi connectivity index (χ1) is 21.2. The third-order valence-electron chi connectivity index (χ3n) is 7.04. The number of carbonyl (C=O) groups is 2. The highest BCUT2D eigenvalue weighted by Crippen LogP contribution is 2.26. The van der Waals surface area contributed by atoms with Crippen LogP contribution in [0.4, 0.5) is 14.5 Å². The van der Waals surface area contributed by atoms with Gasteiger partial charge >= 0.3 is 0 Å². The molecule has 0 heterocycles. The molecule has 10 heteroatoms. The first-order valence-corrected chi connectivity index (χ1v) is 15.9. The monoisotopic (exact) mass is 633 g/mol. The van der Waals surface area contributed by atoms with Gasteiger partial charge in [-0.3, -0.25) is 13.9 Å². The zero-order valence-electron chi connectivity index (χ0n) is 25.7. The zero-order valence-corrected chi connectivity index (χ0v) is 26.5. The Morgan fingerprint density at radius 3 is 1.89 bits per heavy atom. The Balaban J connectivity index is 1.81. The average Bonchev–Trinajstić information content (AvgIpc) is 2.99. The van der Waals surface area contributed by atoms with Crippen molar-refractivity contribution in [3.63, 3.8) is 0 Å². The van der Waals surface area contributed by atoms with Crippen molar-refractivity contribution in [3.05, 3.63) is 131 Å². The fraction of sp³-hybridized carbons (Fsp3) is 0.257. The number of hydrogen-bond donors (Lipinski definition) is 1. The summed E-state index contributed by atoms with van der Waals surface area (Å²) in [5, 5.41) is 2.96. The summed E-state index contributed by atoms with van der Waals surface area (Å²) in [5.74, 6) is -2.15. The molecule has 2 amide bonds. The highest BCUT2D eigenvalue weighted by atomic mass is 32.2. The van der Waals surface area contributed by atoms with Gasteiger partial charge < -0.3 is 10.2 Å². The van der Waals surface area contributed by atoms with Gasteiger partial charge in [0.25, 0.3) is 10.0 Å². The SMILES string of the molecule is Cc1ccc(N(CC(=O)N(Cc2ccc(F)cc2)[C@H](Cc2ccccc2)C(=O)NC(C)(C)C)S(=O)(=O)c2ccc(F)cc2)cc1. The number of nitrogens with one attached hydrogen (secondary N) is 1. The van der Waals surface area contributed by atoms with E-state index >= 15 is 0 Å². The summed E-state index contributed by atoms with van der Waals surface area (Å²) < 4.78 is 56.4. The summed E-state index contributed by atoms with van der Waals surface area (Å²) in [6.07, 6.45) is 0.144. The minimum Gasteiger partial charge on any atom is -0.350 e. The summed E-state index contributed by atoms with van der Waals surface area (Å²) >= 11 is 0. The summed E-state index contributed by atoms with van der Waals surface area (Å²) in [6, 6.07) is 24.7. The first kappa shape index (κ1) is 33.3. The van der Waals surface area contributed by atoms with Gasteiger partial charge in [0.2, 0.25) is 11.8 Å². The van der Waals surface area contributed by atoms with Gasteiger partial charge in [0.1, 0.15) is 24.2 Å². The highest BCUT2D eigenvalue weighted by Gasteiger charge is 2.35. The smallest absolute Gasteiger partial charge is 0.264 e. The Labute approximate surface area is 263 Å². The molecule has 0 radical (unpaired) electrons. The number of rotatable bonds is 11. The van der Waals surface area contributed by atoms with Crippen LogP contribution in [0.1, 0.15) is 37.5 Å². The van der Waals surface area contributed by atoms with Crippen LogP contribution in [0.15, 0.2) is 108 Å². The summed E-state index contributed by atoms with van der Waals surface area (Å²) in [4.78, 5) is 29.4. The van der Waals surface area contributed by atoms with E-state index in [9.17, 15) is 26.8 Å². The van der Waals surface area contributed by atoms with Crippen molar-refractivity contribution < 1.29 is 26.8 Å². The van der Waals surface area contributed by atoms with Crippen molar-refractivity contribution in [1.29, 1.82) is 0 Å². The molecule has 0 aliphatic rings. The molecule has 45 heavy (non-hydrogen) atoms. The standard InChI is InChI=1S/C35H37F2N3O4S/c1-25-10-18-30(19-11-25)40(45(43,44)31-20-16-29(37)17-21-31)24-33(41)39(23-27-12-14-28(36)15-13-27)32(34(42)38-35(2,3)4)22-26-8-6-5-7-9-26/h5-21,32H,22-24H2,1-4H3,(H,38,42)/t32-/m1/s1. The molecule has 1 N–H and O–H groups in total. The highest BCUT2D eigenvalue weighted by molar-refractivity contribution is 7.92. The molecule has 0 aliphatic carbocycles. The molecule has 0 saturated heterocycles. The van der Waals surface area contributed by atoms with Crippen molar-refractivity contribution in [2.24, 2.45) is 0 Å². The summed E-state index contributed by atoms with van der Waals surface area (Å²) in [7, 11) is -4.36. The second-order valence-electron chi connectivity index (χ2n) is 11.9. The van der Waals surface area contributed by atoms with E-state index in [-0.39, 0.29) is 23.5 Å². The van der Waals surface area contributed by atoms with Crippen molar-refractivity contribution in [2.75, 3.05) is 10.8 Å². The molecule has 7 nitrogen and oxygen atoms in total. The largest absolute Gasteiger partial charge is 0.350 e. The van der Waals surface area contributed by atoms with Crippen LogP contribution < -0.4 is 9.62 Å². The van der Waals surface area contributed by atoms with Crippen LogP contribution in [-0.4, -0.2) is 43.3 Å². The van der Waals surface area contributed by atoms with Crippen LogP contribution in [0.3, 0.4) is 0 Å². The number of nitrogens with zero attached hydrogens (tertiary/aromatic N) is 2. The lowest BCUT2D eigenvalue weighted by Gasteiger charge is -2.35. The predicted molar refractivity (Wildman–Crippen MR) is 171 cm³/mol. The molecule has 1 atom stereocenters. The number of aryl methyl sites for hydroxylation is 1. The molecular formula is C35H37F2N3O4S. The molecule has 4 rings (SSSR count). The van der Waals surface area contributed by atoms with Gasteiger partial charge in [-0.25, -0.2) is 17.2 Å². The van der Waals surface area contributed by atoms with Crippen LogP contribution in [-0.2, 0) is 32.6 Å². The number of carbonyl (C=O) groups excluding carboxylic acids is 2.